The van der Waals surface area contributed by atoms with E-state index in [1.165, 1.54) is 7.11 Å². The molecule has 0 aromatic heterocycles. The Bertz CT molecular complexity index is 437. The average molecular weight is 266 g/mol. The second-order valence-corrected chi connectivity index (χ2v) is 4.86. The molecule has 0 bridgehead atoms. The summed E-state index contributed by atoms with van der Waals surface area (Å²) in [5.41, 5.74) is -0.402. The minimum absolute atomic E-state index is 0.398. The van der Waals surface area contributed by atoms with Crippen molar-refractivity contribution in [3.8, 4) is 0 Å². The normalized spacial score (nSPS) is 19.3. The van der Waals surface area contributed by atoms with Crippen LogP contribution < -0.4 is 0 Å². The Morgan fingerprint density at radius 2 is 2.00 bits per heavy atom. The number of carbonyl (C=O) groups is 1. The van der Waals surface area contributed by atoms with E-state index in [2.05, 4.69) is 4.74 Å². The van der Waals surface area contributed by atoms with Crippen LogP contribution in [0.5, 0.6) is 0 Å². The average Bonchev–Trinajstić information content (AvgIpc) is 2.42. The number of esters is 1. The lowest BCUT2D eigenvalue weighted by molar-refractivity contribution is 0.0491. The zero-order valence-corrected chi connectivity index (χ0v) is 11.2. The smallest absolute Gasteiger partial charge is 0.337 e. The molecule has 19 heavy (non-hydrogen) atoms. The van der Waals surface area contributed by atoms with E-state index in [0.717, 1.165) is 0 Å². The number of hydrogen-bond donors (Lipinski definition) is 0. The van der Waals surface area contributed by atoms with Crippen LogP contribution in [0.15, 0.2) is 24.3 Å². The molecule has 2 rings (SSSR count). The van der Waals surface area contributed by atoms with Crippen molar-refractivity contribution in [3.05, 3.63) is 35.4 Å². The van der Waals surface area contributed by atoms with Crippen molar-refractivity contribution in [2.45, 2.75) is 31.4 Å². The van der Waals surface area contributed by atoms with Crippen molar-refractivity contribution in [1.29, 1.82) is 0 Å². The van der Waals surface area contributed by atoms with E-state index in [1.54, 1.807) is 24.3 Å². The van der Waals surface area contributed by atoms with Gasteiger partial charge in [0.05, 0.1) is 12.7 Å². The van der Waals surface area contributed by atoms with Gasteiger partial charge in [0, 0.05) is 13.2 Å². The molecule has 4 heteroatoms. The van der Waals surface area contributed by atoms with Crippen LogP contribution in [-0.2, 0) is 15.1 Å². The summed E-state index contributed by atoms with van der Waals surface area (Å²) >= 11 is 0. The van der Waals surface area contributed by atoms with Crippen LogP contribution in [-0.4, -0.2) is 26.3 Å². The molecule has 0 N–H and O–H groups in total. The highest BCUT2D eigenvalue weighted by atomic mass is 19.1. The number of ether oxygens (including phenoxy) is 2. The Hall–Kier alpha value is -1.42. The summed E-state index contributed by atoms with van der Waals surface area (Å²) in [5, 5.41) is 0. The van der Waals surface area contributed by atoms with Gasteiger partial charge >= 0.3 is 5.97 Å². The number of alkyl halides is 1. The van der Waals surface area contributed by atoms with Gasteiger partial charge in [0.15, 0.2) is 0 Å². The zero-order valence-electron chi connectivity index (χ0n) is 11.2. The molecular weight excluding hydrogens is 247 g/mol. The maximum absolute atomic E-state index is 15.1. The van der Waals surface area contributed by atoms with Gasteiger partial charge in [-0.2, -0.15) is 0 Å². The summed E-state index contributed by atoms with van der Waals surface area (Å²) in [6.07, 6.45) is 2.24. The topological polar surface area (TPSA) is 35.5 Å². The number of rotatable bonds is 2. The first-order valence-electron chi connectivity index (χ1n) is 6.61. The molecule has 0 aliphatic carbocycles. The van der Waals surface area contributed by atoms with Crippen molar-refractivity contribution in [2.24, 2.45) is 0 Å². The van der Waals surface area contributed by atoms with Crippen LogP contribution >= 0.6 is 0 Å². The van der Waals surface area contributed by atoms with Crippen LogP contribution in [0.1, 0.15) is 41.6 Å². The number of halogens is 1. The Balaban J connectivity index is 2.25. The Morgan fingerprint density at radius 1 is 1.32 bits per heavy atom. The molecular formula is C15H19FO3. The highest BCUT2D eigenvalue weighted by Crippen LogP contribution is 2.37. The highest BCUT2D eigenvalue weighted by molar-refractivity contribution is 5.89. The first-order chi connectivity index (χ1) is 9.15. The second-order valence-electron chi connectivity index (χ2n) is 4.86. The molecule has 1 fully saturated rings. The van der Waals surface area contributed by atoms with Crippen molar-refractivity contribution in [1.82, 2.24) is 0 Å². The van der Waals surface area contributed by atoms with E-state index in [9.17, 15) is 4.79 Å². The van der Waals surface area contributed by atoms with Crippen LogP contribution in [0.3, 0.4) is 0 Å². The van der Waals surface area contributed by atoms with E-state index in [0.29, 0.717) is 50.0 Å². The lowest BCUT2D eigenvalue weighted by Gasteiger charge is -2.28. The highest BCUT2D eigenvalue weighted by Gasteiger charge is 2.32. The van der Waals surface area contributed by atoms with Crippen molar-refractivity contribution < 1.29 is 18.7 Å². The summed E-state index contributed by atoms with van der Waals surface area (Å²) in [6, 6.07) is 6.70. The van der Waals surface area contributed by atoms with Gasteiger partial charge in [0.2, 0.25) is 0 Å². The van der Waals surface area contributed by atoms with Crippen molar-refractivity contribution in [3.63, 3.8) is 0 Å². The van der Waals surface area contributed by atoms with Gasteiger partial charge < -0.3 is 9.47 Å². The Morgan fingerprint density at radius 3 is 2.63 bits per heavy atom. The molecule has 3 nitrogen and oxygen atoms in total. The lowest BCUT2D eigenvalue weighted by atomic mass is 9.85. The number of carbonyl (C=O) groups excluding carboxylic acids is 1. The third kappa shape index (κ3) is 3.32. The van der Waals surface area contributed by atoms with Crippen LogP contribution in [0.25, 0.3) is 0 Å². The molecule has 1 aromatic carbocycles. The summed E-state index contributed by atoms with van der Waals surface area (Å²) in [4.78, 5) is 11.5. The van der Waals surface area contributed by atoms with Crippen molar-refractivity contribution in [2.75, 3.05) is 20.3 Å². The maximum atomic E-state index is 15.1. The van der Waals surface area contributed by atoms with Gasteiger partial charge in [-0.15, -0.1) is 0 Å². The number of benzene rings is 1. The SMILES string of the molecule is COC(=O)c1cccc(C2(F)CCCOCCC2)c1. The maximum Gasteiger partial charge on any atom is 0.337 e. The molecule has 0 radical (unpaired) electrons. The van der Waals surface area contributed by atoms with Crippen LogP contribution in [0, 0.1) is 0 Å². The molecule has 1 aromatic rings. The first-order valence-corrected chi connectivity index (χ1v) is 6.61. The fourth-order valence-electron chi connectivity index (χ4n) is 2.47. The van der Waals surface area contributed by atoms with Gasteiger partial charge in [-0.1, -0.05) is 12.1 Å². The minimum Gasteiger partial charge on any atom is -0.465 e. The fourth-order valence-corrected chi connectivity index (χ4v) is 2.47. The second kappa shape index (κ2) is 6.15. The van der Waals surface area contributed by atoms with E-state index < -0.39 is 11.6 Å². The largest absolute Gasteiger partial charge is 0.465 e. The Labute approximate surface area is 112 Å². The standard InChI is InChI=1S/C15H19FO3/c1-18-14(17)12-5-2-6-13(11-12)15(16)7-3-9-19-10-4-8-15/h2,5-6,11H,3-4,7-10H2,1H3. The predicted octanol–water partition coefficient (Wildman–Crippen LogP) is 3.23. The molecule has 0 atom stereocenters. The van der Waals surface area contributed by atoms with Gasteiger partial charge in [-0.3, -0.25) is 0 Å². The molecule has 104 valence electrons. The van der Waals surface area contributed by atoms with Gasteiger partial charge in [-0.25, -0.2) is 9.18 Å². The number of hydrogen-bond acceptors (Lipinski definition) is 3. The van der Waals surface area contributed by atoms with Gasteiger partial charge in [0.25, 0.3) is 0 Å². The zero-order chi connectivity index (χ0) is 13.7. The molecule has 0 spiro atoms. The monoisotopic (exact) mass is 266 g/mol. The third-order valence-corrected chi connectivity index (χ3v) is 3.52. The van der Waals surface area contributed by atoms with Crippen LogP contribution in [0.2, 0.25) is 0 Å². The summed E-state index contributed by atoms with van der Waals surface area (Å²) < 4.78 is 25.1. The molecule has 0 unspecified atom stereocenters. The third-order valence-electron chi connectivity index (χ3n) is 3.52. The first kappa shape index (κ1) is 14.0. The van der Waals surface area contributed by atoms with Crippen LogP contribution in [0.4, 0.5) is 4.39 Å². The van der Waals surface area contributed by atoms with E-state index in [-0.39, 0.29) is 0 Å². The molecule has 0 saturated carbocycles. The molecule has 1 saturated heterocycles. The number of methoxy groups -OCH3 is 1. The lowest BCUT2D eigenvalue weighted by Crippen LogP contribution is -2.24. The van der Waals surface area contributed by atoms with E-state index in [4.69, 9.17) is 4.74 Å². The molecule has 0 amide bonds. The minimum atomic E-state index is -1.37. The van der Waals surface area contributed by atoms with E-state index >= 15 is 4.39 Å². The summed E-state index contributed by atoms with van der Waals surface area (Å²) in [7, 11) is 1.33. The Kier molecular flexibility index (Phi) is 4.53. The fraction of sp³-hybridized carbons (Fsp3) is 0.533. The molecule has 1 aliphatic rings. The van der Waals surface area contributed by atoms with E-state index in [1.807, 2.05) is 0 Å². The predicted molar refractivity (Wildman–Crippen MR) is 69.9 cm³/mol. The molecule has 1 heterocycles. The molecule has 1 aliphatic heterocycles. The quantitative estimate of drug-likeness (QED) is 0.771. The summed E-state index contributed by atoms with van der Waals surface area (Å²) in [5.74, 6) is -0.431. The van der Waals surface area contributed by atoms with Gasteiger partial charge in [-0.05, 0) is 43.4 Å². The van der Waals surface area contributed by atoms with Crippen molar-refractivity contribution >= 4 is 5.97 Å². The summed E-state index contributed by atoms with van der Waals surface area (Å²) in [6.45, 7) is 1.20. The van der Waals surface area contributed by atoms with Gasteiger partial charge in [0.1, 0.15) is 5.67 Å².